The molecule has 0 aliphatic carbocycles. The van der Waals surface area contributed by atoms with Crippen LogP contribution in [-0.2, 0) is 4.84 Å². The van der Waals surface area contributed by atoms with Crippen LogP contribution < -0.4 is 5.90 Å². The molecule has 0 aliphatic rings. The topological polar surface area (TPSA) is 35.2 Å². The van der Waals surface area contributed by atoms with Crippen molar-refractivity contribution >= 4 is 0 Å². The van der Waals surface area contributed by atoms with E-state index < -0.39 is 0 Å². The molecule has 0 aromatic carbocycles. The highest BCUT2D eigenvalue weighted by molar-refractivity contribution is 4.85. The smallest absolute Gasteiger partial charge is 0.116 e. The van der Waals surface area contributed by atoms with Gasteiger partial charge in [-0.25, -0.2) is 0 Å². The molecule has 0 bridgehead atoms. The number of rotatable bonds is 2. The maximum absolute atomic E-state index is 4.79. The highest BCUT2D eigenvalue weighted by atomic mass is 16.6. The molecule has 0 amide bonds. The molecule has 0 unspecified atom stereocenters. The third-order valence-corrected chi connectivity index (χ3v) is 0.677. The molecule has 0 atom stereocenters. The van der Waals surface area contributed by atoms with Crippen molar-refractivity contribution in [1.82, 2.24) is 0 Å². The van der Waals surface area contributed by atoms with Crippen LogP contribution in [0.4, 0.5) is 0 Å². The maximum Gasteiger partial charge on any atom is 0.116 e. The molecular weight excluding hydrogens is 90.1 g/mol. The Morgan fingerprint density at radius 3 is 2.57 bits per heavy atom. The third-order valence-electron chi connectivity index (χ3n) is 0.677. The molecule has 2 nitrogen and oxygen atoms in total. The van der Waals surface area contributed by atoms with Crippen LogP contribution in [0.5, 0.6) is 0 Å². The van der Waals surface area contributed by atoms with Gasteiger partial charge in [-0.1, -0.05) is 6.92 Å². The zero-order chi connectivity index (χ0) is 5.70. The lowest BCUT2D eigenvalue weighted by Gasteiger charge is -1.92. The van der Waals surface area contributed by atoms with E-state index in [4.69, 9.17) is 5.90 Å². The van der Waals surface area contributed by atoms with Crippen LogP contribution in [0.2, 0.25) is 0 Å². The lowest BCUT2D eigenvalue weighted by Crippen LogP contribution is -1.94. The highest BCUT2D eigenvalue weighted by Crippen LogP contribution is 1.90. The van der Waals surface area contributed by atoms with Gasteiger partial charge in [-0.15, -0.1) is 0 Å². The average Bonchev–Trinajstić information content (AvgIpc) is 1.68. The van der Waals surface area contributed by atoms with Crippen molar-refractivity contribution in [2.24, 2.45) is 5.90 Å². The Morgan fingerprint density at radius 2 is 2.43 bits per heavy atom. The van der Waals surface area contributed by atoms with Gasteiger partial charge in [-0.3, -0.25) is 0 Å². The molecule has 0 radical (unpaired) electrons. The summed E-state index contributed by atoms with van der Waals surface area (Å²) in [5.41, 5.74) is 0. The van der Waals surface area contributed by atoms with Gasteiger partial charge in [0.05, 0.1) is 0 Å². The van der Waals surface area contributed by atoms with Gasteiger partial charge >= 0.3 is 0 Å². The largest absolute Gasteiger partial charge is 0.417 e. The van der Waals surface area contributed by atoms with Crippen LogP contribution in [0.25, 0.3) is 0 Å². The summed E-state index contributed by atoms with van der Waals surface area (Å²) in [6, 6.07) is 0. The summed E-state index contributed by atoms with van der Waals surface area (Å²) in [5, 5.41) is 0. The van der Waals surface area contributed by atoms with Gasteiger partial charge in [-0.2, -0.15) is 5.90 Å². The van der Waals surface area contributed by atoms with Crippen LogP contribution in [0, 0.1) is 0 Å². The van der Waals surface area contributed by atoms with E-state index in [0.717, 1.165) is 12.2 Å². The second kappa shape index (κ2) is 3.68. The van der Waals surface area contributed by atoms with Crippen LogP contribution in [0.3, 0.4) is 0 Å². The quantitative estimate of drug-likeness (QED) is 0.419. The van der Waals surface area contributed by atoms with Crippen molar-refractivity contribution in [2.75, 3.05) is 0 Å². The maximum atomic E-state index is 4.79. The zero-order valence-corrected chi connectivity index (χ0v) is 4.77. The molecule has 0 saturated heterocycles. The monoisotopic (exact) mass is 101 g/mol. The Bertz CT molecular complexity index is 68.5. The van der Waals surface area contributed by atoms with Crippen molar-refractivity contribution in [1.29, 1.82) is 0 Å². The normalized spacial score (nSPS) is 11.6. The molecule has 0 fully saturated rings. The lowest BCUT2D eigenvalue weighted by molar-refractivity contribution is 0.221. The minimum Gasteiger partial charge on any atom is -0.417 e. The van der Waals surface area contributed by atoms with Crippen LogP contribution >= 0.6 is 0 Å². The molecule has 7 heavy (non-hydrogen) atoms. The highest BCUT2D eigenvalue weighted by Gasteiger charge is 1.77. The van der Waals surface area contributed by atoms with Gasteiger partial charge in [0.2, 0.25) is 0 Å². The molecule has 0 rings (SSSR count). The summed E-state index contributed by atoms with van der Waals surface area (Å²) in [6.07, 6.45) is 2.89. The van der Waals surface area contributed by atoms with Crippen molar-refractivity contribution in [3.63, 3.8) is 0 Å². The number of allylic oxidation sites excluding steroid dienone is 2. The van der Waals surface area contributed by atoms with Gasteiger partial charge in [0, 0.05) is 0 Å². The van der Waals surface area contributed by atoms with Crippen molar-refractivity contribution < 1.29 is 4.84 Å². The minimum atomic E-state index is 0.780. The number of nitrogens with two attached hydrogens (primary N) is 1. The van der Waals surface area contributed by atoms with Crippen molar-refractivity contribution in [2.45, 2.75) is 20.3 Å². The van der Waals surface area contributed by atoms with E-state index >= 15 is 0 Å². The lowest BCUT2D eigenvalue weighted by atomic mass is 10.4. The van der Waals surface area contributed by atoms with E-state index in [2.05, 4.69) is 4.84 Å². The summed E-state index contributed by atoms with van der Waals surface area (Å²) in [4.78, 5) is 4.35. The molecule has 2 heteroatoms. The molecular formula is C5H11NO. The fraction of sp³-hybridized carbons (Fsp3) is 0.600. The first-order chi connectivity index (χ1) is 3.31. The molecule has 42 valence electrons. The summed E-state index contributed by atoms with van der Waals surface area (Å²) < 4.78 is 0. The standard InChI is InChI=1S/C5H11NO/c1-3-4-5(2)7-6/h4H,3,6H2,1-2H3/b5-4-. The molecule has 2 N–H and O–H groups in total. The van der Waals surface area contributed by atoms with E-state index in [9.17, 15) is 0 Å². The first-order valence-electron chi connectivity index (χ1n) is 2.34. The summed E-state index contributed by atoms with van der Waals surface area (Å²) in [7, 11) is 0. The fourth-order valence-electron chi connectivity index (χ4n) is 0.336. The predicted octanol–water partition coefficient (Wildman–Crippen LogP) is 1.19. The second-order valence-electron chi connectivity index (χ2n) is 1.34. The van der Waals surface area contributed by atoms with Gasteiger partial charge in [0.25, 0.3) is 0 Å². The predicted molar refractivity (Wildman–Crippen MR) is 29.3 cm³/mol. The van der Waals surface area contributed by atoms with E-state index in [1.165, 1.54) is 0 Å². The van der Waals surface area contributed by atoms with Gasteiger partial charge in [0.15, 0.2) is 0 Å². The second-order valence-corrected chi connectivity index (χ2v) is 1.34. The van der Waals surface area contributed by atoms with Crippen LogP contribution in [0.1, 0.15) is 20.3 Å². The Kier molecular flexibility index (Phi) is 3.42. The van der Waals surface area contributed by atoms with Crippen LogP contribution in [0.15, 0.2) is 11.8 Å². The molecule has 0 aliphatic heterocycles. The average molecular weight is 101 g/mol. The molecule has 0 spiro atoms. The third kappa shape index (κ3) is 3.33. The van der Waals surface area contributed by atoms with E-state index in [0.29, 0.717) is 0 Å². The minimum absolute atomic E-state index is 0.780. The number of hydrogen-bond acceptors (Lipinski definition) is 2. The van der Waals surface area contributed by atoms with Gasteiger partial charge in [0.1, 0.15) is 5.76 Å². The Labute approximate surface area is 43.9 Å². The van der Waals surface area contributed by atoms with Crippen molar-refractivity contribution in [3.8, 4) is 0 Å². The summed E-state index contributed by atoms with van der Waals surface area (Å²) >= 11 is 0. The molecule has 0 heterocycles. The Hall–Kier alpha value is -0.500. The van der Waals surface area contributed by atoms with E-state index in [-0.39, 0.29) is 0 Å². The zero-order valence-electron chi connectivity index (χ0n) is 4.77. The SMILES string of the molecule is CC/C=C(/C)ON. The van der Waals surface area contributed by atoms with Crippen molar-refractivity contribution in [3.05, 3.63) is 11.8 Å². The number of hydrogen-bond donors (Lipinski definition) is 1. The fourth-order valence-corrected chi connectivity index (χ4v) is 0.336. The first kappa shape index (κ1) is 6.50. The van der Waals surface area contributed by atoms with E-state index in [1.54, 1.807) is 0 Å². The molecule has 0 saturated carbocycles. The van der Waals surface area contributed by atoms with Crippen LogP contribution in [-0.4, -0.2) is 0 Å². The van der Waals surface area contributed by atoms with Gasteiger partial charge in [-0.05, 0) is 19.4 Å². The Morgan fingerprint density at radius 1 is 1.86 bits per heavy atom. The summed E-state index contributed by atoms with van der Waals surface area (Å²) in [6.45, 7) is 3.85. The molecule has 0 aromatic heterocycles. The molecule has 0 aromatic rings. The van der Waals surface area contributed by atoms with E-state index in [1.807, 2.05) is 19.9 Å². The first-order valence-corrected chi connectivity index (χ1v) is 2.34. The van der Waals surface area contributed by atoms with Gasteiger partial charge < -0.3 is 4.84 Å². The Balaban J connectivity index is 3.29. The summed E-state index contributed by atoms with van der Waals surface area (Å²) in [5.74, 6) is 5.57.